The lowest BCUT2D eigenvalue weighted by Crippen LogP contribution is -2.62. The highest BCUT2D eigenvalue weighted by Gasteiger charge is 2.53. The lowest BCUT2D eigenvalue weighted by Gasteiger charge is -2.41. The van der Waals surface area contributed by atoms with Crippen molar-refractivity contribution in [3.05, 3.63) is 24.7 Å². The highest BCUT2D eigenvalue weighted by atomic mass is 32.2. The molecule has 3 aliphatic rings. The minimum atomic E-state index is -3.66. The van der Waals surface area contributed by atoms with Gasteiger partial charge in [0.15, 0.2) is 5.03 Å². The van der Waals surface area contributed by atoms with Crippen LogP contribution < -0.4 is 0 Å². The number of carbonyl (C=O) groups is 2. The minimum absolute atomic E-state index is 0.0135. The summed E-state index contributed by atoms with van der Waals surface area (Å²) in [5.74, 6) is -0.864. The SMILES string of the molecule is Cn1cnc(S(=O)(=O)N2CC(N3C(=O)C4CC=CCC4C3=O)C2)c1. The van der Waals surface area contributed by atoms with Crippen LogP contribution in [0, 0.1) is 11.8 Å². The van der Waals surface area contributed by atoms with Gasteiger partial charge in [0.05, 0.1) is 24.2 Å². The number of amides is 2. The van der Waals surface area contributed by atoms with Gasteiger partial charge in [-0.25, -0.2) is 13.4 Å². The van der Waals surface area contributed by atoms with E-state index in [-0.39, 0.29) is 47.8 Å². The van der Waals surface area contributed by atoms with Crippen LogP contribution in [-0.2, 0) is 26.7 Å². The summed E-state index contributed by atoms with van der Waals surface area (Å²) in [6, 6.07) is -0.367. The van der Waals surface area contributed by atoms with Crippen molar-refractivity contribution in [3.63, 3.8) is 0 Å². The van der Waals surface area contributed by atoms with Gasteiger partial charge in [-0.1, -0.05) is 12.2 Å². The first-order chi connectivity index (χ1) is 11.4. The highest BCUT2D eigenvalue weighted by molar-refractivity contribution is 7.89. The number of sulfonamides is 1. The number of aryl methyl sites for hydroxylation is 1. The maximum absolute atomic E-state index is 12.5. The van der Waals surface area contributed by atoms with Crippen LogP contribution >= 0.6 is 0 Å². The molecule has 2 unspecified atom stereocenters. The summed E-state index contributed by atoms with van der Waals surface area (Å²) in [5.41, 5.74) is 0. The average molecular weight is 350 g/mol. The van der Waals surface area contributed by atoms with E-state index in [1.54, 1.807) is 11.6 Å². The fraction of sp³-hybridized carbons (Fsp3) is 0.533. The second kappa shape index (κ2) is 5.25. The Hall–Kier alpha value is -2.00. The van der Waals surface area contributed by atoms with Gasteiger partial charge in [-0.15, -0.1) is 0 Å². The molecule has 1 aliphatic carbocycles. The van der Waals surface area contributed by atoms with Gasteiger partial charge < -0.3 is 4.57 Å². The minimum Gasteiger partial charge on any atom is -0.339 e. The van der Waals surface area contributed by atoms with Gasteiger partial charge in [0.1, 0.15) is 0 Å². The van der Waals surface area contributed by atoms with E-state index >= 15 is 0 Å². The smallest absolute Gasteiger partial charge is 0.262 e. The van der Waals surface area contributed by atoms with Crippen LogP contribution in [0.2, 0.25) is 0 Å². The Morgan fingerprint density at radius 1 is 1.08 bits per heavy atom. The van der Waals surface area contributed by atoms with Crippen molar-refractivity contribution in [1.82, 2.24) is 18.8 Å². The molecule has 0 N–H and O–H groups in total. The lowest BCUT2D eigenvalue weighted by atomic mass is 9.85. The first-order valence-electron chi connectivity index (χ1n) is 7.89. The predicted octanol–water partition coefficient (Wildman–Crippen LogP) is -0.256. The molecule has 2 amide bonds. The Morgan fingerprint density at radius 2 is 1.67 bits per heavy atom. The standard InChI is InChI=1S/C15H18N4O4S/c1-17-8-13(16-9-17)24(22,23)18-6-10(7-18)19-14(20)11-4-2-3-5-12(11)15(19)21/h2-3,8-12H,4-7H2,1H3. The first kappa shape index (κ1) is 15.5. The second-order valence-corrected chi connectivity index (χ2v) is 8.44. The van der Waals surface area contributed by atoms with Crippen molar-refractivity contribution in [3.8, 4) is 0 Å². The van der Waals surface area contributed by atoms with Crippen molar-refractivity contribution >= 4 is 21.8 Å². The number of nitrogens with zero attached hydrogens (tertiary/aromatic N) is 4. The van der Waals surface area contributed by atoms with Crippen LogP contribution in [0.5, 0.6) is 0 Å². The van der Waals surface area contributed by atoms with Crippen molar-refractivity contribution in [2.24, 2.45) is 18.9 Å². The van der Waals surface area contributed by atoms with E-state index in [0.717, 1.165) is 0 Å². The summed E-state index contributed by atoms with van der Waals surface area (Å²) < 4.78 is 27.7. The van der Waals surface area contributed by atoms with Crippen molar-refractivity contribution in [1.29, 1.82) is 0 Å². The lowest BCUT2D eigenvalue weighted by molar-refractivity contribution is -0.145. The van der Waals surface area contributed by atoms with E-state index in [9.17, 15) is 18.0 Å². The fourth-order valence-electron chi connectivity index (χ4n) is 3.62. The molecule has 3 heterocycles. The number of imidazole rings is 1. The topological polar surface area (TPSA) is 92.6 Å². The number of hydrogen-bond donors (Lipinski definition) is 0. The molecule has 2 fully saturated rings. The molecular weight excluding hydrogens is 332 g/mol. The fourth-order valence-corrected chi connectivity index (χ4v) is 5.10. The zero-order valence-electron chi connectivity index (χ0n) is 13.2. The van der Waals surface area contributed by atoms with Crippen molar-refractivity contribution in [2.45, 2.75) is 23.9 Å². The Bertz CT molecular complexity index is 811. The molecule has 0 saturated carbocycles. The van der Waals surface area contributed by atoms with Gasteiger partial charge in [0.25, 0.3) is 10.0 Å². The van der Waals surface area contributed by atoms with Crippen molar-refractivity contribution in [2.75, 3.05) is 13.1 Å². The largest absolute Gasteiger partial charge is 0.339 e. The van der Waals surface area contributed by atoms with Gasteiger partial charge in [-0.05, 0) is 12.8 Å². The summed E-state index contributed by atoms with van der Waals surface area (Å²) in [5, 5.41) is -0.0135. The summed E-state index contributed by atoms with van der Waals surface area (Å²) in [4.78, 5) is 30.2. The van der Waals surface area contributed by atoms with Crippen molar-refractivity contribution < 1.29 is 18.0 Å². The van der Waals surface area contributed by atoms with Gasteiger partial charge in [-0.3, -0.25) is 14.5 Å². The molecule has 2 atom stereocenters. The summed E-state index contributed by atoms with van der Waals surface area (Å²) in [6.07, 6.45) is 7.93. The number of aromatic nitrogens is 2. The molecular formula is C15H18N4O4S. The highest BCUT2D eigenvalue weighted by Crippen LogP contribution is 2.38. The molecule has 0 spiro atoms. The average Bonchev–Trinajstić information content (AvgIpc) is 3.04. The molecule has 4 rings (SSSR count). The number of allylic oxidation sites excluding steroid dienone is 2. The molecule has 2 saturated heterocycles. The number of fused-ring (bicyclic) bond motifs is 1. The molecule has 0 bridgehead atoms. The normalized spacial score (nSPS) is 28.3. The van der Waals surface area contributed by atoms with E-state index in [1.165, 1.54) is 21.7 Å². The van der Waals surface area contributed by atoms with Crippen LogP contribution in [0.4, 0.5) is 0 Å². The number of likely N-dealkylation sites (tertiary alicyclic amines) is 1. The van der Waals surface area contributed by atoms with Crippen LogP contribution in [0.3, 0.4) is 0 Å². The number of carbonyl (C=O) groups excluding carboxylic acids is 2. The zero-order chi connectivity index (χ0) is 17.1. The Morgan fingerprint density at radius 3 is 2.17 bits per heavy atom. The maximum Gasteiger partial charge on any atom is 0.262 e. The Balaban J connectivity index is 1.48. The molecule has 0 aromatic carbocycles. The Kier molecular flexibility index (Phi) is 3.40. The molecule has 9 heteroatoms. The molecule has 2 aliphatic heterocycles. The van der Waals surface area contributed by atoms with Crippen LogP contribution in [0.1, 0.15) is 12.8 Å². The maximum atomic E-state index is 12.5. The molecule has 1 aromatic rings. The van der Waals surface area contributed by atoms with Crippen LogP contribution in [0.15, 0.2) is 29.7 Å². The molecule has 1 aromatic heterocycles. The van der Waals surface area contributed by atoms with Crippen LogP contribution in [-0.4, -0.2) is 58.1 Å². The van der Waals surface area contributed by atoms with Gasteiger partial charge in [0, 0.05) is 26.3 Å². The summed E-state index contributed by atoms with van der Waals surface area (Å²) >= 11 is 0. The zero-order valence-corrected chi connectivity index (χ0v) is 14.0. The number of rotatable bonds is 3. The molecule has 24 heavy (non-hydrogen) atoms. The Labute approximate surface area is 139 Å². The number of imide groups is 1. The second-order valence-electron chi connectivity index (χ2n) is 6.56. The quantitative estimate of drug-likeness (QED) is 0.553. The number of hydrogen-bond acceptors (Lipinski definition) is 5. The monoisotopic (exact) mass is 350 g/mol. The van der Waals surface area contributed by atoms with E-state index in [0.29, 0.717) is 12.8 Å². The van der Waals surface area contributed by atoms with Gasteiger partial charge in [0.2, 0.25) is 11.8 Å². The predicted molar refractivity (Wildman–Crippen MR) is 83.0 cm³/mol. The van der Waals surface area contributed by atoms with Gasteiger partial charge in [-0.2, -0.15) is 4.31 Å². The first-order valence-corrected chi connectivity index (χ1v) is 9.33. The van der Waals surface area contributed by atoms with E-state index in [1.807, 2.05) is 12.2 Å². The summed E-state index contributed by atoms with van der Waals surface area (Å²) in [7, 11) is -1.97. The summed E-state index contributed by atoms with van der Waals surface area (Å²) in [6.45, 7) is 0.284. The van der Waals surface area contributed by atoms with E-state index in [4.69, 9.17) is 0 Å². The third kappa shape index (κ3) is 2.15. The third-order valence-electron chi connectivity index (χ3n) is 5.02. The third-order valence-corrected chi connectivity index (χ3v) is 6.74. The molecule has 8 nitrogen and oxygen atoms in total. The van der Waals surface area contributed by atoms with E-state index in [2.05, 4.69) is 4.98 Å². The molecule has 128 valence electrons. The van der Waals surface area contributed by atoms with Crippen LogP contribution in [0.25, 0.3) is 0 Å². The van der Waals surface area contributed by atoms with Gasteiger partial charge >= 0.3 is 0 Å². The van der Waals surface area contributed by atoms with E-state index < -0.39 is 10.0 Å². The molecule has 0 radical (unpaired) electrons.